The fourth-order valence-corrected chi connectivity index (χ4v) is 4.45. The number of hydrogen-bond donors (Lipinski definition) is 3. The number of rotatable bonds is 4. The summed E-state index contributed by atoms with van der Waals surface area (Å²) in [5, 5.41) is 12.0. The van der Waals surface area contributed by atoms with Gasteiger partial charge in [-0.25, -0.2) is 17.8 Å². The Balaban J connectivity index is 2.25. The molecule has 134 valence electrons. The Morgan fingerprint density at radius 3 is 2.58 bits per heavy atom. The Hall–Kier alpha value is -2.40. The van der Waals surface area contributed by atoms with Crippen LogP contribution >= 0.6 is 22.6 Å². The molecule has 0 saturated heterocycles. The summed E-state index contributed by atoms with van der Waals surface area (Å²) in [4.78, 5) is 0.207. The molecule has 26 heavy (non-hydrogen) atoms. The van der Waals surface area contributed by atoms with Crippen molar-refractivity contribution in [3.8, 4) is 0 Å². The van der Waals surface area contributed by atoms with Gasteiger partial charge in [0.05, 0.1) is 16.1 Å². The van der Waals surface area contributed by atoms with Crippen LogP contribution in [-0.2, 0) is 10.0 Å². The molecule has 0 saturated carbocycles. The van der Waals surface area contributed by atoms with Crippen LogP contribution in [0.5, 0.6) is 0 Å². The zero-order valence-corrected chi connectivity index (χ0v) is 16.7. The van der Waals surface area contributed by atoms with Gasteiger partial charge >= 0.3 is 0 Å². The Bertz CT molecular complexity index is 1120. The SMILES string of the molecule is CC(=NNC(=N)N)c1cn(S(=O)(=O)c2ccccc2)c2ccc(I)cc12. The molecule has 3 rings (SSSR count). The van der Waals surface area contributed by atoms with Crippen LogP contribution in [0.15, 0.2) is 64.7 Å². The maximum Gasteiger partial charge on any atom is 0.268 e. The molecule has 7 nitrogen and oxygen atoms in total. The van der Waals surface area contributed by atoms with Crippen molar-refractivity contribution in [2.45, 2.75) is 11.8 Å². The van der Waals surface area contributed by atoms with E-state index in [-0.39, 0.29) is 10.9 Å². The Morgan fingerprint density at radius 2 is 1.92 bits per heavy atom. The van der Waals surface area contributed by atoms with E-state index in [9.17, 15) is 8.42 Å². The van der Waals surface area contributed by atoms with Gasteiger partial charge in [0.1, 0.15) is 0 Å². The Kier molecular flexibility index (Phi) is 5.01. The third-order valence-electron chi connectivity index (χ3n) is 3.77. The van der Waals surface area contributed by atoms with E-state index in [4.69, 9.17) is 11.1 Å². The summed E-state index contributed by atoms with van der Waals surface area (Å²) in [5.41, 5.74) is 9.38. The average Bonchev–Trinajstić information content (AvgIpc) is 3.00. The molecule has 0 aliphatic rings. The van der Waals surface area contributed by atoms with E-state index in [1.165, 1.54) is 3.97 Å². The molecular weight excluding hydrogens is 465 g/mol. The standard InChI is InChI=1S/C17H16IN5O2S/c1-11(21-22-17(19)20)15-10-23(16-8-7-12(18)9-14(15)16)26(24,25)13-5-3-2-4-6-13/h2-10H,1H3,(H4,19,20,22). The predicted molar refractivity (Wildman–Crippen MR) is 111 cm³/mol. The topological polar surface area (TPSA) is 113 Å². The summed E-state index contributed by atoms with van der Waals surface area (Å²) in [6.45, 7) is 1.73. The largest absolute Gasteiger partial charge is 0.369 e. The molecule has 0 radical (unpaired) electrons. The van der Waals surface area contributed by atoms with Crippen molar-refractivity contribution in [1.29, 1.82) is 5.41 Å². The molecule has 0 aliphatic carbocycles. The minimum Gasteiger partial charge on any atom is -0.369 e. The molecule has 2 aromatic carbocycles. The van der Waals surface area contributed by atoms with Crippen LogP contribution < -0.4 is 11.2 Å². The van der Waals surface area contributed by atoms with Crippen molar-refractivity contribution in [2.75, 3.05) is 0 Å². The number of halogens is 1. The minimum atomic E-state index is -3.75. The highest BCUT2D eigenvalue weighted by Crippen LogP contribution is 2.28. The van der Waals surface area contributed by atoms with E-state index in [1.807, 2.05) is 12.1 Å². The lowest BCUT2D eigenvalue weighted by Crippen LogP contribution is -2.26. The molecule has 1 heterocycles. The Labute approximate surface area is 164 Å². The fourth-order valence-electron chi connectivity index (χ4n) is 2.57. The summed E-state index contributed by atoms with van der Waals surface area (Å²) in [6, 6.07) is 13.8. The van der Waals surface area contributed by atoms with E-state index >= 15 is 0 Å². The number of nitrogens with two attached hydrogens (primary N) is 1. The van der Waals surface area contributed by atoms with Crippen LogP contribution in [-0.4, -0.2) is 24.1 Å². The van der Waals surface area contributed by atoms with E-state index < -0.39 is 10.0 Å². The zero-order chi connectivity index (χ0) is 18.9. The van der Waals surface area contributed by atoms with Crippen LogP contribution in [0.25, 0.3) is 10.9 Å². The maximum absolute atomic E-state index is 13.1. The molecule has 0 unspecified atom stereocenters. The first-order chi connectivity index (χ1) is 12.3. The van der Waals surface area contributed by atoms with Crippen molar-refractivity contribution < 1.29 is 8.42 Å². The second kappa shape index (κ2) is 7.08. The van der Waals surface area contributed by atoms with Crippen LogP contribution in [0.3, 0.4) is 0 Å². The Morgan fingerprint density at radius 1 is 1.23 bits per heavy atom. The first-order valence-corrected chi connectivity index (χ1v) is 10.1. The van der Waals surface area contributed by atoms with Gasteiger partial charge in [-0.05, 0) is 59.8 Å². The van der Waals surface area contributed by atoms with Crippen LogP contribution in [0.1, 0.15) is 12.5 Å². The number of benzene rings is 2. The third-order valence-corrected chi connectivity index (χ3v) is 6.13. The number of hydrazone groups is 1. The molecule has 0 spiro atoms. The molecule has 0 atom stereocenters. The summed E-state index contributed by atoms with van der Waals surface area (Å²) in [7, 11) is -3.75. The van der Waals surface area contributed by atoms with Crippen molar-refractivity contribution in [3.05, 3.63) is 63.9 Å². The maximum atomic E-state index is 13.1. The summed E-state index contributed by atoms with van der Waals surface area (Å²) in [5.74, 6) is -0.292. The fraction of sp³-hybridized carbons (Fsp3) is 0.0588. The molecule has 0 aliphatic heterocycles. The predicted octanol–water partition coefficient (Wildman–Crippen LogP) is 2.69. The molecule has 9 heteroatoms. The van der Waals surface area contributed by atoms with Crippen molar-refractivity contribution in [2.24, 2.45) is 10.8 Å². The molecule has 0 bridgehead atoms. The van der Waals surface area contributed by atoms with Crippen LogP contribution in [0.4, 0.5) is 0 Å². The van der Waals surface area contributed by atoms with E-state index in [2.05, 4.69) is 33.1 Å². The molecule has 3 aromatic rings. The second-order valence-electron chi connectivity index (χ2n) is 5.54. The molecule has 0 fully saturated rings. The monoisotopic (exact) mass is 481 g/mol. The number of aromatic nitrogens is 1. The highest BCUT2D eigenvalue weighted by molar-refractivity contribution is 14.1. The summed E-state index contributed by atoms with van der Waals surface area (Å²) >= 11 is 2.17. The van der Waals surface area contributed by atoms with Crippen molar-refractivity contribution >= 4 is 55.2 Å². The van der Waals surface area contributed by atoms with E-state index in [1.54, 1.807) is 49.5 Å². The van der Waals surface area contributed by atoms with Crippen LogP contribution in [0, 0.1) is 8.98 Å². The lowest BCUT2D eigenvalue weighted by molar-refractivity contribution is 0.589. The van der Waals surface area contributed by atoms with Gasteiger partial charge in [0.15, 0.2) is 0 Å². The smallest absolute Gasteiger partial charge is 0.268 e. The van der Waals surface area contributed by atoms with Gasteiger partial charge in [0.25, 0.3) is 10.0 Å². The van der Waals surface area contributed by atoms with Gasteiger partial charge < -0.3 is 5.73 Å². The average molecular weight is 481 g/mol. The number of hydrogen-bond acceptors (Lipinski definition) is 4. The number of nitrogens with zero attached hydrogens (tertiary/aromatic N) is 2. The molecular formula is C17H16IN5O2S. The van der Waals surface area contributed by atoms with Crippen molar-refractivity contribution in [3.63, 3.8) is 0 Å². The third kappa shape index (κ3) is 3.44. The quantitative estimate of drug-likeness (QED) is 0.230. The number of nitrogens with one attached hydrogen (secondary N) is 2. The number of guanidine groups is 1. The van der Waals surface area contributed by atoms with Gasteiger partial charge in [-0.2, -0.15) is 5.10 Å². The van der Waals surface area contributed by atoms with Gasteiger partial charge in [0.2, 0.25) is 5.96 Å². The first-order valence-electron chi connectivity index (χ1n) is 7.56. The van der Waals surface area contributed by atoms with E-state index in [0.717, 1.165) is 8.96 Å². The lowest BCUT2D eigenvalue weighted by Gasteiger charge is -2.07. The molecule has 1 aromatic heterocycles. The highest BCUT2D eigenvalue weighted by Gasteiger charge is 2.22. The van der Waals surface area contributed by atoms with Gasteiger partial charge in [-0.15, -0.1) is 0 Å². The lowest BCUT2D eigenvalue weighted by atomic mass is 10.1. The van der Waals surface area contributed by atoms with Crippen molar-refractivity contribution in [1.82, 2.24) is 9.40 Å². The second-order valence-corrected chi connectivity index (χ2v) is 8.60. The van der Waals surface area contributed by atoms with Gasteiger partial charge in [-0.1, -0.05) is 18.2 Å². The normalized spacial score (nSPS) is 12.3. The number of fused-ring (bicyclic) bond motifs is 1. The highest BCUT2D eigenvalue weighted by atomic mass is 127. The van der Waals surface area contributed by atoms with Gasteiger partial charge in [-0.3, -0.25) is 5.41 Å². The summed E-state index contributed by atoms with van der Waals surface area (Å²) in [6.07, 6.45) is 1.55. The first kappa shape index (κ1) is 18.4. The van der Waals surface area contributed by atoms with Gasteiger partial charge in [0, 0.05) is 20.7 Å². The molecule has 0 amide bonds. The van der Waals surface area contributed by atoms with E-state index in [0.29, 0.717) is 16.8 Å². The minimum absolute atomic E-state index is 0.207. The zero-order valence-electron chi connectivity index (χ0n) is 13.8. The molecule has 4 N–H and O–H groups in total. The van der Waals surface area contributed by atoms with Crippen LogP contribution in [0.2, 0.25) is 0 Å². The summed E-state index contributed by atoms with van der Waals surface area (Å²) < 4.78 is 28.4.